The van der Waals surface area contributed by atoms with E-state index in [1.54, 1.807) is 11.0 Å². The van der Waals surface area contributed by atoms with Crippen molar-refractivity contribution >= 4 is 17.3 Å². The van der Waals surface area contributed by atoms with Gasteiger partial charge in [0.05, 0.1) is 11.3 Å². The van der Waals surface area contributed by atoms with Gasteiger partial charge in [-0.05, 0) is 18.7 Å². The standard InChI is InChI=1S/C13H18N4O3/c1-15-4-6-16(7-5-15)13(18)9-10-2-3-11(14)12(8-10)17(19)20/h2-3,8H,4-7,9,14H2,1H3. The number of hydrogen-bond donors (Lipinski definition) is 1. The summed E-state index contributed by atoms with van der Waals surface area (Å²) in [5.41, 5.74) is 6.13. The highest BCUT2D eigenvalue weighted by Gasteiger charge is 2.20. The van der Waals surface area contributed by atoms with E-state index in [0.717, 1.165) is 13.1 Å². The quantitative estimate of drug-likeness (QED) is 0.493. The molecule has 2 rings (SSSR count). The van der Waals surface area contributed by atoms with E-state index in [2.05, 4.69) is 4.90 Å². The first kappa shape index (κ1) is 14.3. The number of piperazine rings is 1. The molecule has 1 aliphatic rings. The molecule has 7 heteroatoms. The van der Waals surface area contributed by atoms with Crippen molar-refractivity contribution in [2.45, 2.75) is 6.42 Å². The Bertz CT molecular complexity index is 524. The van der Waals surface area contributed by atoms with Gasteiger partial charge in [0, 0.05) is 32.2 Å². The number of nitro benzene ring substituents is 1. The Morgan fingerprint density at radius 2 is 2.00 bits per heavy atom. The number of carbonyl (C=O) groups is 1. The van der Waals surface area contributed by atoms with Gasteiger partial charge < -0.3 is 15.5 Å². The molecule has 1 aliphatic heterocycles. The number of amides is 1. The summed E-state index contributed by atoms with van der Waals surface area (Å²) >= 11 is 0. The lowest BCUT2D eigenvalue weighted by molar-refractivity contribution is -0.383. The number of anilines is 1. The van der Waals surface area contributed by atoms with E-state index in [1.807, 2.05) is 7.05 Å². The van der Waals surface area contributed by atoms with E-state index in [0.29, 0.717) is 18.7 Å². The van der Waals surface area contributed by atoms with Gasteiger partial charge in [0.2, 0.25) is 5.91 Å². The monoisotopic (exact) mass is 278 g/mol. The lowest BCUT2D eigenvalue weighted by atomic mass is 10.1. The van der Waals surface area contributed by atoms with Crippen molar-refractivity contribution in [3.05, 3.63) is 33.9 Å². The summed E-state index contributed by atoms with van der Waals surface area (Å²) in [4.78, 5) is 26.4. The zero-order valence-corrected chi connectivity index (χ0v) is 11.4. The topological polar surface area (TPSA) is 92.7 Å². The number of hydrogen-bond acceptors (Lipinski definition) is 5. The van der Waals surface area contributed by atoms with Crippen LogP contribution in [0.5, 0.6) is 0 Å². The molecule has 2 N–H and O–H groups in total. The van der Waals surface area contributed by atoms with Crippen LogP contribution in [0.25, 0.3) is 0 Å². The number of benzene rings is 1. The molecule has 0 unspecified atom stereocenters. The number of nitro groups is 1. The minimum Gasteiger partial charge on any atom is -0.393 e. The first-order valence-electron chi connectivity index (χ1n) is 6.46. The summed E-state index contributed by atoms with van der Waals surface area (Å²) in [5, 5.41) is 10.8. The van der Waals surface area contributed by atoms with Crippen LogP contribution in [0.15, 0.2) is 18.2 Å². The summed E-state index contributed by atoms with van der Waals surface area (Å²) in [5.74, 6) is -0.00262. The maximum Gasteiger partial charge on any atom is 0.292 e. The molecular formula is C13H18N4O3. The first-order valence-corrected chi connectivity index (χ1v) is 6.46. The minimum absolute atomic E-state index is 0.00262. The number of carbonyl (C=O) groups excluding carboxylic acids is 1. The van der Waals surface area contributed by atoms with Gasteiger partial charge in [-0.1, -0.05) is 6.07 Å². The summed E-state index contributed by atoms with van der Waals surface area (Å²) in [6.45, 7) is 3.11. The van der Waals surface area contributed by atoms with Crippen LogP contribution in [0.3, 0.4) is 0 Å². The van der Waals surface area contributed by atoms with E-state index >= 15 is 0 Å². The van der Waals surface area contributed by atoms with Gasteiger partial charge in [0.25, 0.3) is 5.69 Å². The molecule has 1 aromatic carbocycles. The minimum atomic E-state index is -0.529. The van der Waals surface area contributed by atoms with Crippen LogP contribution in [0, 0.1) is 10.1 Å². The maximum atomic E-state index is 12.1. The van der Waals surface area contributed by atoms with Crippen LogP contribution in [0.4, 0.5) is 11.4 Å². The Kier molecular flexibility index (Phi) is 4.19. The Balaban J connectivity index is 2.04. The van der Waals surface area contributed by atoms with Gasteiger partial charge in [-0.25, -0.2) is 0 Å². The maximum absolute atomic E-state index is 12.1. The molecule has 0 radical (unpaired) electrons. The molecule has 1 amide bonds. The Morgan fingerprint density at radius 3 is 2.60 bits per heavy atom. The summed E-state index contributed by atoms with van der Waals surface area (Å²) in [6.07, 6.45) is 0.171. The van der Waals surface area contributed by atoms with Crippen molar-refractivity contribution in [1.29, 1.82) is 0 Å². The summed E-state index contributed by atoms with van der Waals surface area (Å²) in [6, 6.07) is 4.52. The van der Waals surface area contributed by atoms with Crippen LogP contribution < -0.4 is 5.73 Å². The lowest BCUT2D eigenvalue weighted by Crippen LogP contribution is -2.47. The summed E-state index contributed by atoms with van der Waals surface area (Å²) in [7, 11) is 2.02. The number of nitrogens with zero attached hydrogens (tertiary/aromatic N) is 3. The zero-order valence-electron chi connectivity index (χ0n) is 11.4. The van der Waals surface area contributed by atoms with Gasteiger partial charge in [-0.2, -0.15) is 0 Å². The molecule has 0 aliphatic carbocycles. The van der Waals surface area contributed by atoms with Crippen molar-refractivity contribution < 1.29 is 9.72 Å². The van der Waals surface area contributed by atoms with E-state index in [1.165, 1.54) is 12.1 Å². The second kappa shape index (κ2) is 5.87. The van der Waals surface area contributed by atoms with Gasteiger partial charge >= 0.3 is 0 Å². The van der Waals surface area contributed by atoms with Crippen LogP contribution in [-0.4, -0.2) is 53.9 Å². The van der Waals surface area contributed by atoms with Gasteiger partial charge in [0.15, 0.2) is 0 Å². The van der Waals surface area contributed by atoms with Crippen LogP contribution in [-0.2, 0) is 11.2 Å². The normalized spacial score (nSPS) is 16.1. The zero-order chi connectivity index (χ0) is 14.7. The van der Waals surface area contributed by atoms with E-state index in [-0.39, 0.29) is 23.7 Å². The molecule has 1 fully saturated rings. The summed E-state index contributed by atoms with van der Waals surface area (Å²) < 4.78 is 0. The van der Waals surface area contributed by atoms with Gasteiger partial charge in [-0.15, -0.1) is 0 Å². The van der Waals surface area contributed by atoms with Crippen molar-refractivity contribution in [2.24, 2.45) is 0 Å². The molecule has 20 heavy (non-hydrogen) atoms. The lowest BCUT2D eigenvalue weighted by Gasteiger charge is -2.32. The highest BCUT2D eigenvalue weighted by Crippen LogP contribution is 2.22. The number of nitrogen functional groups attached to an aromatic ring is 1. The third kappa shape index (κ3) is 3.24. The fourth-order valence-corrected chi connectivity index (χ4v) is 2.20. The third-order valence-corrected chi connectivity index (χ3v) is 3.50. The average Bonchev–Trinajstić information content (AvgIpc) is 2.41. The molecule has 1 heterocycles. The molecule has 0 aromatic heterocycles. The van der Waals surface area contributed by atoms with Crippen LogP contribution >= 0.6 is 0 Å². The third-order valence-electron chi connectivity index (χ3n) is 3.50. The second-order valence-electron chi connectivity index (χ2n) is 5.01. The molecule has 0 spiro atoms. The van der Waals surface area contributed by atoms with Crippen LogP contribution in [0.1, 0.15) is 5.56 Å². The predicted molar refractivity (Wildman–Crippen MR) is 75.3 cm³/mol. The molecule has 1 saturated heterocycles. The number of rotatable bonds is 3. The number of likely N-dealkylation sites (N-methyl/N-ethyl adjacent to an activating group) is 1. The van der Waals surface area contributed by atoms with E-state index < -0.39 is 4.92 Å². The molecule has 0 saturated carbocycles. The molecular weight excluding hydrogens is 260 g/mol. The first-order chi connectivity index (χ1) is 9.47. The highest BCUT2D eigenvalue weighted by atomic mass is 16.6. The van der Waals surface area contributed by atoms with Gasteiger partial charge in [0.1, 0.15) is 5.69 Å². The van der Waals surface area contributed by atoms with Gasteiger partial charge in [-0.3, -0.25) is 14.9 Å². The molecule has 0 atom stereocenters. The van der Waals surface area contributed by atoms with Crippen molar-refractivity contribution in [1.82, 2.24) is 9.80 Å². The van der Waals surface area contributed by atoms with Crippen LogP contribution in [0.2, 0.25) is 0 Å². The van der Waals surface area contributed by atoms with Crippen molar-refractivity contribution in [3.63, 3.8) is 0 Å². The fourth-order valence-electron chi connectivity index (χ4n) is 2.20. The molecule has 108 valence electrons. The number of nitrogens with two attached hydrogens (primary N) is 1. The smallest absolute Gasteiger partial charge is 0.292 e. The largest absolute Gasteiger partial charge is 0.393 e. The SMILES string of the molecule is CN1CCN(C(=O)Cc2ccc(N)c([N+](=O)[O-])c2)CC1. The average molecular weight is 278 g/mol. The molecule has 1 aromatic rings. The highest BCUT2D eigenvalue weighted by molar-refractivity contribution is 5.79. The van der Waals surface area contributed by atoms with E-state index in [4.69, 9.17) is 5.73 Å². The molecule has 0 bridgehead atoms. The fraction of sp³-hybridized carbons (Fsp3) is 0.462. The Morgan fingerprint density at radius 1 is 1.35 bits per heavy atom. The predicted octanol–water partition coefficient (Wildman–Crippen LogP) is 0.493. The molecule has 7 nitrogen and oxygen atoms in total. The Hall–Kier alpha value is -2.15. The Labute approximate surface area is 117 Å². The van der Waals surface area contributed by atoms with E-state index in [9.17, 15) is 14.9 Å². The second-order valence-corrected chi connectivity index (χ2v) is 5.01. The van der Waals surface area contributed by atoms with Crippen molar-refractivity contribution in [2.75, 3.05) is 39.0 Å². The van der Waals surface area contributed by atoms with Crippen molar-refractivity contribution in [3.8, 4) is 0 Å².